The number of benzene rings is 5. The van der Waals surface area contributed by atoms with Crippen molar-refractivity contribution in [3.8, 4) is 11.1 Å². The molecule has 0 saturated heterocycles. The molecule has 1 N–H and O–H groups in total. The van der Waals surface area contributed by atoms with Crippen LogP contribution in [0.25, 0.3) is 45.1 Å². The van der Waals surface area contributed by atoms with Crippen molar-refractivity contribution in [1.82, 2.24) is 4.98 Å². The van der Waals surface area contributed by atoms with Crippen molar-refractivity contribution in [3.63, 3.8) is 0 Å². The Labute approximate surface area is 235 Å². The van der Waals surface area contributed by atoms with Crippen LogP contribution in [-0.4, -0.2) is 4.98 Å². The Morgan fingerprint density at radius 2 is 1.55 bits per heavy atom. The number of fused-ring (bicyclic) bond motifs is 5. The number of H-pyrrole nitrogens is 1. The largest absolute Gasteiger partial charge is 0.354 e. The number of rotatable bonds is 4. The predicted molar refractivity (Wildman–Crippen MR) is 173 cm³/mol. The van der Waals surface area contributed by atoms with Gasteiger partial charge in [-0.05, 0) is 65.1 Å². The zero-order valence-corrected chi connectivity index (χ0v) is 23.2. The molecule has 1 aliphatic heterocycles. The monoisotopic (exact) mass is 516 g/mol. The fraction of sp³-hybridized carbons (Fsp3) is 0.105. The van der Waals surface area contributed by atoms with Crippen molar-refractivity contribution in [1.29, 1.82) is 0 Å². The number of nitrogens with zero attached hydrogens (tertiary/aromatic N) is 1. The van der Waals surface area contributed by atoms with Crippen molar-refractivity contribution >= 4 is 51.0 Å². The van der Waals surface area contributed by atoms with Crippen molar-refractivity contribution < 1.29 is 0 Å². The first-order chi connectivity index (χ1) is 19.5. The lowest BCUT2D eigenvalue weighted by molar-refractivity contribution is 0.632. The molecule has 0 radical (unpaired) electrons. The topological polar surface area (TPSA) is 19.0 Å². The van der Waals surface area contributed by atoms with Gasteiger partial charge in [-0.1, -0.05) is 111 Å². The summed E-state index contributed by atoms with van der Waals surface area (Å²) < 4.78 is 0. The Kier molecular flexibility index (Phi) is 5.54. The second-order valence-electron chi connectivity index (χ2n) is 11.1. The summed E-state index contributed by atoms with van der Waals surface area (Å²) in [6, 6.07) is 37.5. The Balaban J connectivity index is 1.49. The molecule has 0 saturated carbocycles. The van der Waals surface area contributed by atoms with Gasteiger partial charge in [-0.3, -0.25) is 0 Å². The Morgan fingerprint density at radius 3 is 2.35 bits per heavy atom. The number of para-hydroxylation sites is 3. The summed E-state index contributed by atoms with van der Waals surface area (Å²) in [6.07, 6.45) is 6.24. The minimum absolute atomic E-state index is 0.120. The molecule has 2 heterocycles. The molecule has 194 valence electrons. The van der Waals surface area contributed by atoms with Gasteiger partial charge in [0.15, 0.2) is 0 Å². The van der Waals surface area contributed by atoms with E-state index in [1.165, 1.54) is 55.7 Å². The number of allylic oxidation sites excluding steroid dienone is 1. The molecule has 0 aliphatic carbocycles. The van der Waals surface area contributed by atoms with Crippen LogP contribution in [0.1, 0.15) is 43.0 Å². The van der Waals surface area contributed by atoms with Gasteiger partial charge in [0.1, 0.15) is 0 Å². The van der Waals surface area contributed by atoms with Crippen LogP contribution in [0.4, 0.5) is 17.1 Å². The average Bonchev–Trinajstić information content (AvgIpc) is 3.37. The Morgan fingerprint density at radius 1 is 0.775 bits per heavy atom. The van der Waals surface area contributed by atoms with Gasteiger partial charge in [-0.15, -0.1) is 0 Å². The smallest absolute Gasteiger partial charge is 0.0544 e. The number of aromatic nitrogens is 1. The summed E-state index contributed by atoms with van der Waals surface area (Å²) in [5.74, 6) is 0. The van der Waals surface area contributed by atoms with E-state index in [1.54, 1.807) is 0 Å². The first kappa shape index (κ1) is 24.2. The summed E-state index contributed by atoms with van der Waals surface area (Å²) in [5.41, 5.74) is 13.2. The fourth-order valence-electron chi connectivity index (χ4n) is 6.56. The van der Waals surface area contributed by atoms with Gasteiger partial charge in [0.25, 0.3) is 0 Å². The quantitative estimate of drug-likeness (QED) is 0.247. The zero-order chi connectivity index (χ0) is 27.4. The van der Waals surface area contributed by atoms with E-state index in [0.29, 0.717) is 0 Å². The van der Waals surface area contributed by atoms with Gasteiger partial charge < -0.3 is 9.88 Å². The second-order valence-corrected chi connectivity index (χ2v) is 11.1. The number of nitrogens with one attached hydrogen (secondary N) is 1. The summed E-state index contributed by atoms with van der Waals surface area (Å²) >= 11 is 0. The zero-order valence-electron chi connectivity index (χ0n) is 23.2. The molecule has 2 nitrogen and oxygen atoms in total. The van der Waals surface area contributed by atoms with E-state index in [4.69, 9.17) is 0 Å². The fourth-order valence-corrected chi connectivity index (χ4v) is 6.56. The third-order valence-corrected chi connectivity index (χ3v) is 8.48. The summed E-state index contributed by atoms with van der Waals surface area (Å²) in [7, 11) is 0. The first-order valence-corrected chi connectivity index (χ1v) is 13.9. The molecule has 0 atom stereocenters. The van der Waals surface area contributed by atoms with Crippen LogP contribution in [0.5, 0.6) is 0 Å². The van der Waals surface area contributed by atoms with E-state index in [0.717, 1.165) is 16.6 Å². The molecule has 40 heavy (non-hydrogen) atoms. The SMILES string of the molecule is C=Cc1ccc2[nH]c3c(-c4ccc5c(c4)N(c4ccccc4)c4ccccc4C5(C)C)cccc3c2c1/C=C\C. The molecule has 0 spiro atoms. The molecule has 0 fully saturated rings. The van der Waals surface area contributed by atoms with E-state index < -0.39 is 0 Å². The van der Waals surface area contributed by atoms with Gasteiger partial charge in [0.05, 0.1) is 16.9 Å². The molecule has 6 aromatic rings. The lowest BCUT2D eigenvalue weighted by Crippen LogP contribution is -2.30. The third kappa shape index (κ3) is 3.49. The van der Waals surface area contributed by atoms with E-state index in [-0.39, 0.29) is 5.41 Å². The van der Waals surface area contributed by atoms with E-state index >= 15 is 0 Å². The third-order valence-electron chi connectivity index (χ3n) is 8.48. The van der Waals surface area contributed by atoms with Crippen LogP contribution in [0.15, 0.2) is 116 Å². The highest BCUT2D eigenvalue weighted by molar-refractivity contribution is 6.15. The molecular weight excluding hydrogens is 484 g/mol. The Hall–Kier alpha value is -4.82. The number of anilines is 3. The van der Waals surface area contributed by atoms with E-state index in [2.05, 4.69) is 153 Å². The van der Waals surface area contributed by atoms with E-state index in [9.17, 15) is 0 Å². The molecule has 0 bridgehead atoms. The van der Waals surface area contributed by atoms with Crippen LogP contribution in [0.3, 0.4) is 0 Å². The van der Waals surface area contributed by atoms with Crippen LogP contribution in [0.2, 0.25) is 0 Å². The summed E-state index contributed by atoms with van der Waals surface area (Å²) in [6.45, 7) is 10.8. The van der Waals surface area contributed by atoms with Crippen LogP contribution in [-0.2, 0) is 5.41 Å². The van der Waals surface area contributed by atoms with Crippen molar-refractivity contribution in [2.75, 3.05) is 4.90 Å². The van der Waals surface area contributed by atoms with Crippen molar-refractivity contribution in [2.24, 2.45) is 0 Å². The minimum atomic E-state index is -0.120. The Bertz CT molecular complexity index is 1950. The van der Waals surface area contributed by atoms with E-state index in [1.807, 2.05) is 6.08 Å². The number of hydrogen-bond acceptors (Lipinski definition) is 1. The van der Waals surface area contributed by atoms with Gasteiger partial charge >= 0.3 is 0 Å². The highest BCUT2D eigenvalue weighted by Gasteiger charge is 2.36. The highest BCUT2D eigenvalue weighted by atomic mass is 15.2. The molecule has 0 amide bonds. The number of aromatic amines is 1. The maximum atomic E-state index is 4.06. The summed E-state index contributed by atoms with van der Waals surface area (Å²) in [4.78, 5) is 6.19. The second kappa shape index (κ2) is 9.14. The maximum Gasteiger partial charge on any atom is 0.0544 e. The normalized spacial score (nSPS) is 14.0. The van der Waals surface area contributed by atoms with Gasteiger partial charge in [0, 0.05) is 33.0 Å². The number of hydrogen-bond donors (Lipinski definition) is 1. The van der Waals surface area contributed by atoms with Gasteiger partial charge in [0.2, 0.25) is 0 Å². The minimum Gasteiger partial charge on any atom is -0.354 e. The molecule has 2 heteroatoms. The molecule has 1 aromatic heterocycles. The molecular formula is C38H32N2. The molecule has 7 rings (SSSR count). The summed E-state index contributed by atoms with van der Waals surface area (Å²) in [5, 5.41) is 2.47. The van der Waals surface area contributed by atoms with Crippen molar-refractivity contribution in [2.45, 2.75) is 26.2 Å². The first-order valence-electron chi connectivity index (χ1n) is 13.9. The van der Waals surface area contributed by atoms with Crippen LogP contribution < -0.4 is 4.90 Å². The van der Waals surface area contributed by atoms with Crippen molar-refractivity contribution in [3.05, 3.63) is 138 Å². The molecule has 5 aromatic carbocycles. The molecule has 0 unspecified atom stereocenters. The lowest BCUT2D eigenvalue weighted by atomic mass is 9.73. The predicted octanol–water partition coefficient (Wildman–Crippen LogP) is 10.8. The highest BCUT2D eigenvalue weighted by Crippen LogP contribution is 2.52. The molecule has 1 aliphatic rings. The van der Waals surface area contributed by atoms with Crippen LogP contribution in [0, 0.1) is 0 Å². The van der Waals surface area contributed by atoms with Gasteiger partial charge in [-0.2, -0.15) is 0 Å². The standard InChI is InChI=1S/C38H32N2/c1-5-13-28-25(6-2)21-23-33-36(28)30-17-12-16-29(37(30)39-33)26-20-22-32-35(24-26)40(27-14-8-7-9-15-27)34-19-11-10-18-31(34)38(32,3)4/h5-24,39H,2H2,1,3-4H3/b13-5-. The van der Waals surface area contributed by atoms with Gasteiger partial charge in [-0.25, -0.2) is 0 Å². The average molecular weight is 517 g/mol. The van der Waals surface area contributed by atoms with Crippen LogP contribution >= 0.6 is 0 Å². The lowest BCUT2D eigenvalue weighted by Gasteiger charge is -2.42. The maximum absolute atomic E-state index is 4.06.